The van der Waals surface area contributed by atoms with Gasteiger partial charge in [0.25, 0.3) is 0 Å². The molecule has 1 aromatic carbocycles. The molecule has 3 heterocycles. The van der Waals surface area contributed by atoms with Crippen LogP contribution in [0.2, 0.25) is 0 Å². The summed E-state index contributed by atoms with van der Waals surface area (Å²) in [5, 5.41) is 3.98. The lowest BCUT2D eigenvalue weighted by molar-refractivity contribution is -0.128. The topological polar surface area (TPSA) is 70.6 Å². The van der Waals surface area contributed by atoms with Gasteiger partial charge < -0.3 is 15.0 Å². The number of rotatable bonds is 5. The van der Waals surface area contributed by atoms with Gasteiger partial charge in [-0.15, -0.1) is 0 Å². The van der Waals surface area contributed by atoms with Gasteiger partial charge in [0.15, 0.2) is 0 Å². The largest absolute Gasteiger partial charge is 0.477 e. The highest BCUT2D eigenvalue weighted by molar-refractivity contribution is 5.86. The highest BCUT2D eigenvalue weighted by Crippen LogP contribution is 2.32. The van der Waals surface area contributed by atoms with Crippen LogP contribution in [0.4, 0.5) is 5.69 Å². The molecule has 148 valence electrons. The van der Waals surface area contributed by atoms with E-state index in [1.165, 1.54) is 18.5 Å². The maximum Gasteiger partial charge on any atom is 0.237 e. The van der Waals surface area contributed by atoms with Gasteiger partial charge in [0.2, 0.25) is 11.8 Å². The molecule has 1 aliphatic carbocycles. The van der Waals surface area contributed by atoms with Crippen LogP contribution in [-0.2, 0) is 4.79 Å². The van der Waals surface area contributed by atoms with Crippen LogP contribution in [0.15, 0.2) is 24.5 Å². The van der Waals surface area contributed by atoms with Gasteiger partial charge in [-0.1, -0.05) is 0 Å². The van der Waals surface area contributed by atoms with Crippen LogP contribution < -0.4 is 15.0 Å². The number of piperazine rings is 1. The van der Waals surface area contributed by atoms with Crippen molar-refractivity contribution in [3.8, 4) is 5.88 Å². The third-order valence-electron chi connectivity index (χ3n) is 6.11. The van der Waals surface area contributed by atoms with E-state index in [4.69, 9.17) is 4.74 Å². The molecule has 1 saturated carbocycles. The molecular formula is C21H27N5O2. The molecule has 3 aliphatic rings. The van der Waals surface area contributed by atoms with E-state index in [9.17, 15) is 4.79 Å². The standard InChI is InChI=1S/C21H27N5O2/c27-20-19(2-1-7-22-20)26-10-8-25(9-11-26)16-5-6-18-17(12-16)21(24-14-23-18)28-13-15-3-4-15/h5-6,12,14-15,19H,1-4,7-11,13H2,(H,22,27). The fourth-order valence-corrected chi connectivity index (χ4v) is 4.21. The number of ether oxygens (including phenoxy) is 1. The van der Waals surface area contributed by atoms with Crippen molar-refractivity contribution in [3.05, 3.63) is 24.5 Å². The van der Waals surface area contributed by atoms with E-state index in [2.05, 4.69) is 43.3 Å². The minimum Gasteiger partial charge on any atom is -0.477 e. The van der Waals surface area contributed by atoms with E-state index in [1.54, 1.807) is 6.33 Å². The van der Waals surface area contributed by atoms with Crippen LogP contribution in [0.5, 0.6) is 5.88 Å². The molecule has 28 heavy (non-hydrogen) atoms. The van der Waals surface area contributed by atoms with E-state index in [0.717, 1.165) is 63.1 Å². The molecule has 3 fully saturated rings. The number of anilines is 1. The quantitative estimate of drug-likeness (QED) is 0.852. The lowest BCUT2D eigenvalue weighted by Crippen LogP contribution is -2.56. The molecule has 0 spiro atoms. The molecule has 0 radical (unpaired) electrons. The van der Waals surface area contributed by atoms with Crippen molar-refractivity contribution in [2.75, 3.05) is 44.2 Å². The zero-order chi connectivity index (χ0) is 18.9. The molecule has 1 aromatic heterocycles. The molecule has 5 rings (SSSR count). The minimum atomic E-state index is 0.0448. The Labute approximate surface area is 165 Å². The first-order valence-corrected chi connectivity index (χ1v) is 10.4. The normalized spacial score (nSPS) is 23.6. The van der Waals surface area contributed by atoms with Gasteiger partial charge in [0, 0.05) is 38.4 Å². The summed E-state index contributed by atoms with van der Waals surface area (Å²) in [5.41, 5.74) is 2.09. The Morgan fingerprint density at radius 1 is 1.11 bits per heavy atom. The first-order valence-electron chi connectivity index (χ1n) is 10.4. The van der Waals surface area contributed by atoms with Gasteiger partial charge in [-0.05, 0) is 49.8 Å². The number of amides is 1. The van der Waals surface area contributed by atoms with Crippen LogP contribution in [0.25, 0.3) is 10.9 Å². The zero-order valence-corrected chi connectivity index (χ0v) is 16.1. The SMILES string of the molecule is O=C1NCCCC1N1CCN(c2ccc3ncnc(OCC4CC4)c3c2)CC1. The predicted octanol–water partition coefficient (Wildman–Crippen LogP) is 1.82. The third kappa shape index (κ3) is 3.63. The maximum absolute atomic E-state index is 12.1. The monoisotopic (exact) mass is 381 g/mol. The van der Waals surface area contributed by atoms with Gasteiger partial charge in [-0.2, -0.15) is 0 Å². The number of nitrogens with zero attached hydrogens (tertiary/aromatic N) is 4. The average molecular weight is 381 g/mol. The Morgan fingerprint density at radius 2 is 1.96 bits per heavy atom. The summed E-state index contributed by atoms with van der Waals surface area (Å²) in [4.78, 5) is 25.6. The second kappa shape index (κ2) is 7.54. The molecule has 1 atom stereocenters. The van der Waals surface area contributed by atoms with Crippen molar-refractivity contribution in [3.63, 3.8) is 0 Å². The van der Waals surface area contributed by atoms with Crippen molar-refractivity contribution in [2.45, 2.75) is 31.7 Å². The van der Waals surface area contributed by atoms with E-state index in [-0.39, 0.29) is 11.9 Å². The summed E-state index contributed by atoms with van der Waals surface area (Å²) < 4.78 is 5.97. The maximum atomic E-state index is 12.1. The average Bonchev–Trinajstić information content (AvgIpc) is 3.57. The number of benzene rings is 1. The van der Waals surface area contributed by atoms with Crippen molar-refractivity contribution in [1.29, 1.82) is 0 Å². The Balaban J connectivity index is 1.29. The van der Waals surface area contributed by atoms with E-state index in [1.807, 2.05) is 0 Å². The summed E-state index contributed by atoms with van der Waals surface area (Å²) in [6.07, 6.45) is 6.15. The van der Waals surface area contributed by atoms with Gasteiger partial charge in [0.1, 0.15) is 6.33 Å². The molecule has 1 N–H and O–H groups in total. The van der Waals surface area contributed by atoms with Crippen molar-refractivity contribution < 1.29 is 9.53 Å². The number of hydrogen-bond acceptors (Lipinski definition) is 6. The lowest BCUT2D eigenvalue weighted by atomic mass is 10.0. The zero-order valence-electron chi connectivity index (χ0n) is 16.1. The second-order valence-electron chi connectivity index (χ2n) is 8.11. The summed E-state index contributed by atoms with van der Waals surface area (Å²) in [6.45, 7) is 5.22. The molecule has 1 unspecified atom stereocenters. The Hall–Kier alpha value is -2.41. The summed E-state index contributed by atoms with van der Waals surface area (Å²) in [7, 11) is 0. The number of hydrogen-bond donors (Lipinski definition) is 1. The highest BCUT2D eigenvalue weighted by Gasteiger charge is 2.30. The molecule has 7 nitrogen and oxygen atoms in total. The van der Waals surface area contributed by atoms with Crippen LogP contribution in [-0.4, -0.2) is 66.1 Å². The minimum absolute atomic E-state index is 0.0448. The molecule has 2 aliphatic heterocycles. The first-order chi connectivity index (χ1) is 13.8. The molecule has 1 amide bonds. The number of carbonyl (C=O) groups excluding carboxylic acids is 1. The summed E-state index contributed by atoms with van der Waals surface area (Å²) >= 11 is 0. The van der Waals surface area contributed by atoms with Gasteiger partial charge in [-0.25, -0.2) is 9.97 Å². The van der Waals surface area contributed by atoms with Crippen LogP contribution >= 0.6 is 0 Å². The third-order valence-corrected chi connectivity index (χ3v) is 6.11. The number of carbonyl (C=O) groups is 1. The Bertz CT molecular complexity index is 861. The van der Waals surface area contributed by atoms with E-state index < -0.39 is 0 Å². The van der Waals surface area contributed by atoms with Crippen molar-refractivity contribution in [1.82, 2.24) is 20.2 Å². The molecule has 2 aromatic rings. The van der Waals surface area contributed by atoms with Gasteiger partial charge in [0.05, 0.1) is 23.6 Å². The van der Waals surface area contributed by atoms with E-state index >= 15 is 0 Å². The number of piperidine rings is 1. The van der Waals surface area contributed by atoms with Crippen molar-refractivity contribution in [2.24, 2.45) is 5.92 Å². The van der Waals surface area contributed by atoms with Crippen LogP contribution in [0, 0.1) is 5.92 Å². The van der Waals surface area contributed by atoms with Crippen LogP contribution in [0.3, 0.4) is 0 Å². The molecular weight excluding hydrogens is 354 g/mol. The van der Waals surface area contributed by atoms with E-state index in [0.29, 0.717) is 11.8 Å². The lowest BCUT2D eigenvalue weighted by Gasteiger charge is -2.40. The number of fused-ring (bicyclic) bond motifs is 1. The van der Waals surface area contributed by atoms with Gasteiger partial charge in [-0.3, -0.25) is 9.69 Å². The van der Waals surface area contributed by atoms with Crippen molar-refractivity contribution >= 4 is 22.5 Å². The Morgan fingerprint density at radius 3 is 2.75 bits per heavy atom. The summed E-state index contributed by atoms with van der Waals surface area (Å²) in [5.74, 6) is 1.58. The smallest absolute Gasteiger partial charge is 0.237 e. The highest BCUT2D eigenvalue weighted by atomic mass is 16.5. The number of nitrogens with one attached hydrogen (secondary N) is 1. The summed E-state index contributed by atoms with van der Waals surface area (Å²) in [6, 6.07) is 6.38. The Kier molecular flexibility index (Phi) is 4.76. The first kappa shape index (κ1) is 17.7. The second-order valence-corrected chi connectivity index (χ2v) is 8.11. The predicted molar refractivity (Wildman–Crippen MR) is 108 cm³/mol. The fourth-order valence-electron chi connectivity index (χ4n) is 4.21. The molecule has 0 bridgehead atoms. The fraction of sp³-hybridized carbons (Fsp3) is 0.571. The van der Waals surface area contributed by atoms with Gasteiger partial charge >= 0.3 is 0 Å². The van der Waals surface area contributed by atoms with Crippen LogP contribution in [0.1, 0.15) is 25.7 Å². The molecule has 2 saturated heterocycles. The number of aromatic nitrogens is 2. The molecule has 7 heteroatoms.